The first-order valence-corrected chi connectivity index (χ1v) is 7.46. The summed E-state index contributed by atoms with van der Waals surface area (Å²) in [6.07, 6.45) is 0. The smallest absolute Gasteiger partial charge is 0.260 e. The lowest BCUT2D eigenvalue weighted by atomic mass is 10.2. The van der Waals surface area contributed by atoms with E-state index in [-0.39, 0.29) is 12.5 Å². The van der Waals surface area contributed by atoms with Crippen molar-refractivity contribution < 1.29 is 14.3 Å². The number of hydrogen-bond acceptors (Lipinski definition) is 4. The molecule has 0 radical (unpaired) electrons. The Morgan fingerprint density at radius 1 is 1.24 bits per heavy atom. The maximum absolute atomic E-state index is 11.9. The number of ether oxygens (including phenoxy) is 2. The van der Waals surface area contributed by atoms with Crippen LogP contribution in [0.4, 0.5) is 0 Å². The number of carbonyl (C=O) groups is 1. The third kappa shape index (κ3) is 5.27. The Morgan fingerprint density at radius 2 is 2.00 bits per heavy atom. The Hall–Kier alpha value is -1.75. The van der Waals surface area contributed by atoms with Crippen LogP contribution in [0.2, 0.25) is 0 Å². The molecule has 118 valence electrons. The summed E-state index contributed by atoms with van der Waals surface area (Å²) in [5.74, 6) is 1.29. The van der Waals surface area contributed by atoms with Gasteiger partial charge >= 0.3 is 0 Å². The molecule has 0 heterocycles. The third-order valence-electron chi connectivity index (χ3n) is 3.17. The highest BCUT2D eigenvalue weighted by Crippen LogP contribution is 2.31. The van der Waals surface area contributed by atoms with Crippen LogP contribution in [0.3, 0.4) is 0 Å². The summed E-state index contributed by atoms with van der Waals surface area (Å²) in [5.41, 5.74) is 0.995. The van der Waals surface area contributed by atoms with Gasteiger partial charge in [0.05, 0.1) is 6.61 Å². The molecule has 0 saturated carbocycles. The second-order valence-electron chi connectivity index (χ2n) is 4.65. The van der Waals surface area contributed by atoms with Crippen molar-refractivity contribution in [1.29, 1.82) is 0 Å². The number of nitrogens with zero attached hydrogens (tertiary/aromatic N) is 1. The minimum absolute atomic E-state index is 0.0214. The molecule has 1 aromatic carbocycles. The van der Waals surface area contributed by atoms with Gasteiger partial charge in [0.2, 0.25) is 0 Å². The summed E-state index contributed by atoms with van der Waals surface area (Å²) in [5, 5.41) is 3.26. The second kappa shape index (κ2) is 9.23. The summed E-state index contributed by atoms with van der Waals surface area (Å²) >= 11 is 0. The minimum Gasteiger partial charge on any atom is -0.490 e. The number of carbonyl (C=O) groups excluding carboxylic acids is 1. The molecule has 0 aliphatic heterocycles. The van der Waals surface area contributed by atoms with E-state index >= 15 is 0 Å². The van der Waals surface area contributed by atoms with Crippen LogP contribution in [0.5, 0.6) is 11.5 Å². The SMILES string of the molecule is CCNCc1cccc(OCC)c1OCC(=O)N(C)CC. The van der Waals surface area contributed by atoms with Crippen LogP contribution >= 0.6 is 0 Å². The van der Waals surface area contributed by atoms with Crippen LogP contribution in [-0.4, -0.2) is 44.2 Å². The predicted octanol–water partition coefficient (Wildman–Crippen LogP) is 2.05. The maximum Gasteiger partial charge on any atom is 0.260 e. The topological polar surface area (TPSA) is 50.8 Å². The molecule has 0 aliphatic carbocycles. The molecule has 0 spiro atoms. The van der Waals surface area contributed by atoms with Crippen LogP contribution in [0.1, 0.15) is 26.3 Å². The molecule has 1 rings (SSSR count). The average Bonchev–Trinajstić information content (AvgIpc) is 2.51. The van der Waals surface area contributed by atoms with Gasteiger partial charge in [0.25, 0.3) is 5.91 Å². The van der Waals surface area contributed by atoms with E-state index in [4.69, 9.17) is 9.47 Å². The van der Waals surface area contributed by atoms with Gasteiger partial charge < -0.3 is 19.7 Å². The van der Waals surface area contributed by atoms with Gasteiger partial charge in [0.1, 0.15) is 0 Å². The van der Waals surface area contributed by atoms with Crippen molar-refractivity contribution in [3.63, 3.8) is 0 Å². The van der Waals surface area contributed by atoms with Crippen LogP contribution in [0.15, 0.2) is 18.2 Å². The summed E-state index contributed by atoms with van der Waals surface area (Å²) in [6.45, 7) is 8.71. The quantitative estimate of drug-likeness (QED) is 0.757. The van der Waals surface area contributed by atoms with E-state index in [9.17, 15) is 4.79 Å². The average molecular weight is 294 g/mol. The van der Waals surface area contributed by atoms with Crippen molar-refractivity contribution >= 4 is 5.91 Å². The van der Waals surface area contributed by atoms with Gasteiger partial charge in [0, 0.05) is 25.7 Å². The lowest BCUT2D eigenvalue weighted by molar-refractivity contribution is -0.131. The Morgan fingerprint density at radius 3 is 2.62 bits per heavy atom. The Bertz CT molecular complexity index is 449. The summed E-state index contributed by atoms with van der Waals surface area (Å²) in [7, 11) is 1.76. The fourth-order valence-corrected chi connectivity index (χ4v) is 1.81. The molecular weight excluding hydrogens is 268 g/mol. The minimum atomic E-state index is -0.0433. The fraction of sp³-hybridized carbons (Fsp3) is 0.562. The van der Waals surface area contributed by atoms with Gasteiger partial charge in [-0.15, -0.1) is 0 Å². The Labute approximate surface area is 127 Å². The largest absolute Gasteiger partial charge is 0.490 e. The molecule has 0 aliphatic rings. The van der Waals surface area contributed by atoms with Gasteiger partial charge in [-0.25, -0.2) is 0 Å². The van der Waals surface area contributed by atoms with Crippen molar-refractivity contribution in [2.45, 2.75) is 27.3 Å². The van der Waals surface area contributed by atoms with Crippen LogP contribution in [-0.2, 0) is 11.3 Å². The van der Waals surface area contributed by atoms with Crippen molar-refractivity contribution in [3.8, 4) is 11.5 Å². The highest BCUT2D eigenvalue weighted by atomic mass is 16.5. The first-order valence-electron chi connectivity index (χ1n) is 7.46. The first-order chi connectivity index (χ1) is 10.1. The molecule has 1 amide bonds. The van der Waals surface area contributed by atoms with Crippen LogP contribution < -0.4 is 14.8 Å². The number of para-hydroxylation sites is 1. The zero-order valence-electron chi connectivity index (χ0n) is 13.4. The Balaban J connectivity index is 2.86. The molecule has 1 N–H and O–H groups in total. The summed E-state index contributed by atoms with van der Waals surface area (Å²) in [4.78, 5) is 13.5. The lowest BCUT2D eigenvalue weighted by Crippen LogP contribution is -2.31. The third-order valence-corrected chi connectivity index (χ3v) is 3.17. The molecule has 0 atom stereocenters. The van der Waals surface area contributed by atoms with Gasteiger partial charge in [0.15, 0.2) is 18.1 Å². The Kier molecular flexibility index (Phi) is 7.61. The molecule has 0 aromatic heterocycles. The normalized spacial score (nSPS) is 10.3. The fourth-order valence-electron chi connectivity index (χ4n) is 1.81. The van der Waals surface area contributed by atoms with Crippen LogP contribution in [0.25, 0.3) is 0 Å². The van der Waals surface area contributed by atoms with Crippen molar-refractivity contribution in [1.82, 2.24) is 10.2 Å². The summed E-state index contributed by atoms with van der Waals surface area (Å²) in [6, 6.07) is 5.78. The molecule has 5 heteroatoms. The predicted molar refractivity (Wildman–Crippen MR) is 83.8 cm³/mol. The van der Waals surface area contributed by atoms with Crippen molar-refractivity contribution in [2.24, 2.45) is 0 Å². The van der Waals surface area contributed by atoms with Crippen molar-refractivity contribution in [3.05, 3.63) is 23.8 Å². The molecule has 0 saturated heterocycles. The molecule has 1 aromatic rings. The summed E-state index contributed by atoms with van der Waals surface area (Å²) < 4.78 is 11.3. The monoisotopic (exact) mass is 294 g/mol. The van der Waals surface area contributed by atoms with E-state index < -0.39 is 0 Å². The van der Waals surface area contributed by atoms with Gasteiger partial charge in [-0.3, -0.25) is 4.79 Å². The number of hydrogen-bond donors (Lipinski definition) is 1. The van der Waals surface area contributed by atoms with E-state index in [1.54, 1.807) is 11.9 Å². The van der Waals surface area contributed by atoms with Crippen molar-refractivity contribution in [2.75, 3.05) is 33.4 Å². The molecule has 5 nitrogen and oxygen atoms in total. The number of nitrogens with one attached hydrogen (secondary N) is 1. The molecule has 0 bridgehead atoms. The van der Waals surface area contributed by atoms with E-state index in [1.165, 1.54) is 0 Å². The lowest BCUT2D eigenvalue weighted by Gasteiger charge is -2.18. The number of benzene rings is 1. The first kappa shape index (κ1) is 17.3. The van der Waals surface area contributed by atoms with Crippen LogP contribution in [0, 0.1) is 0 Å². The van der Waals surface area contributed by atoms with Gasteiger partial charge in [-0.2, -0.15) is 0 Å². The zero-order valence-corrected chi connectivity index (χ0v) is 13.4. The molecule has 0 unspecified atom stereocenters. The maximum atomic E-state index is 11.9. The second-order valence-corrected chi connectivity index (χ2v) is 4.65. The van der Waals surface area contributed by atoms with Gasteiger partial charge in [-0.05, 0) is 26.5 Å². The number of likely N-dealkylation sites (N-methyl/N-ethyl adjacent to an activating group) is 1. The molecule has 21 heavy (non-hydrogen) atoms. The highest BCUT2D eigenvalue weighted by molar-refractivity contribution is 5.77. The van der Waals surface area contributed by atoms with Gasteiger partial charge in [-0.1, -0.05) is 19.1 Å². The zero-order chi connectivity index (χ0) is 15.7. The number of amides is 1. The van der Waals surface area contributed by atoms with E-state index in [0.29, 0.717) is 31.2 Å². The highest BCUT2D eigenvalue weighted by Gasteiger charge is 2.14. The standard InChI is InChI=1S/C16H26N2O3/c1-5-17-11-13-9-8-10-14(20-7-3)16(13)21-12-15(19)18(4)6-2/h8-10,17H,5-7,11-12H2,1-4H3. The van der Waals surface area contributed by atoms with E-state index in [1.807, 2.05) is 39.0 Å². The van der Waals surface area contributed by atoms with E-state index in [0.717, 1.165) is 12.1 Å². The molecule has 0 fully saturated rings. The van der Waals surface area contributed by atoms with E-state index in [2.05, 4.69) is 5.32 Å². The molecular formula is C16H26N2O3. The number of rotatable bonds is 9.